The number of amidine groups is 1. The van der Waals surface area contributed by atoms with E-state index in [1.165, 1.54) is 0 Å². The lowest BCUT2D eigenvalue weighted by molar-refractivity contribution is 1.22. The molecule has 0 aliphatic heterocycles. The first-order chi connectivity index (χ1) is 11.4. The summed E-state index contributed by atoms with van der Waals surface area (Å²) >= 11 is 0. The van der Waals surface area contributed by atoms with E-state index < -0.39 is 0 Å². The first-order valence-electron chi connectivity index (χ1n) is 7.33. The van der Waals surface area contributed by atoms with E-state index in [9.17, 15) is 0 Å². The molecule has 3 aromatic rings. The Morgan fingerprint density at radius 3 is 1.87 bits per heavy atom. The molecule has 23 heavy (non-hydrogen) atoms. The van der Waals surface area contributed by atoms with E-state index in [2.05, 4.69) is 20.8 Å². The number of nitrogens with one attached hydrogen (secondary N) is 1. The highest BCUT2D eigenvalue weighted by molar-refractivity contribution is 5.99. The highest BCUT2D eigenvalue weighted by atomic mass is 15.3. The molecule has 0 atom stereocenters. The van der Waals surface area contributed by atoms with Gasteiger partial charge in [-0.25, -0.2) is 0 Å². The molecule has 0 amide bonds. The van der Waals surface area contributed by atoms with Crippen LogP contribution in [0.3, 0.4) is 0 Å². The molecule has 0 saturated carbocycles. The number of hydrazone groups is 1. The van der Waals surface area contributed by atoms with E-state index in [-0.39, 0.29) is 0 Å². The fourth-order valence-corrected chi connectivity index (χ4v) is 1.96. The number of nitrogens with zero attached hydrogens (tertiary/aromatic N) is 3. The largest absolute Gasteiger partial charge is 0.276 e. The lowest BCUT2D eigenvalue weighted by Gasteiger charge is -2.03. The molecule has 0 fully saturated rings. The van der Waals surface area contributed by atoms with Gasteiger partial charge in [0.1, 0.15) is 0 Å². The second kappa shape index (κ2) is 7.66. The minimum absolute atomic E-state index is 0.526. The number of benzene rings is 3. The maximum absolute atomic E-state index is 4.39. The summed E-state index contributed by atoms with van der Waals surface area (Å²) < 4.78 is 0. The molecule has 1 N–H and O–H groups in total. The summed E-state index contributed by atoms with van der Waals surface area (Å²) in [6.07, 6.45) is 0. The van der Waals surface area contributed by atoms with E-state index in [1.807, 2.05) is 91.0 Å². The number of rotatable bonds is 4. The fraction of sp³-hybridized carbons (Fsp3) is 0. The second-order valence-corrected chi connectivity index (χ2v) is 4.81. The number of azo groups is 1. The van der Waals surface area contributed by atoms with Crippen LogP contribution in [0, 0.1) is 0 Å². The van der Waals surface area contributed by atoms with Crippen LogP contribution in [0.4, 0.5) is 11.4 Å². The third-order valence-corrected chi connectivity index (χ3v) is 3.11. The molecule has 4 nitrogen and oxygen atoms in total. The first kappa shape index (κ1) is 14.7. The fourth-order valence-electron chi connectivity index (χ4n) is 1.96. The lowest BCUT2D eigenvalue weighted by Crippen LogP contribution is -2.00. The van der Waals surface area contributed by atoms with Crippen LogP contribution in [0.5, 0.6) is 0 Å². The Hall–Kier alpha value is -3.27. The van der Waals surface area contributed by atoms with Crippen molar-refractivity contribution in [2.45, 2.75) is 0 Å². The van der Waals surface area contributed by atoms with Crippen molar-refractivity contribution >= 4 is 17.2 Å². The molecule has 3 rings (SSSR count). The predicted octanol–water partition coefficient (Wildman–Crippen LogP) is 5.24. The Balaban J connectivity index is 1.86. The van der Waals surface area contributed by atoms with Crippen molar-refractivity contribution in [2.75, 3.05) is 5.43 Å². The SMILES string of the molecule is c1ccc(/N=N/C(=N/Nc2ccccc2)c2ccccc2)cc1. The van der Waals surface area contributed by atoms with Gasteiger partial charge in [0, 0.05) is 5.56 Å². The normalized spacial score (nSPS) is 11.6. The van der Waals surface area contributed by atoms with Crippen LogP contribution in [0.2, 0.25) is 0 Å². The standard InChI is InChI=1S/C19H16N4/c1-4-10-16(11-5-1)19(22-20-17-12-6-2-7-13-17)23-21-18-14-8-3-9-15-18/h1-15,20H/b22-19+,23-21+. The van der Waals surface area contributed by atoms with Crippen molar-refractivity contribution in [2.24, 2.45) is 15.3 Å². The van der Waals surface area contributed by atoms with Gasteiger partial charge in [0.05, 0.1) is 11.4 Å². The number of para-hydroxylation sites is 1. The minimum Gasteiger partial charge on any atom is -0.276 e. The van der Waals surface area contributed by atoms with Crippen LogP contribution >= 0.6 is 0 Å². The van der Waals surface area contributed by atoms with Crippen molar-refractivity contribution in [3.63, 3.8) is 0 Å². The van der Waals surface area contributed by atoms with Gasteiger partial charge in [-0.1, -0.05) is 66.7 Å². The van der Waals surface area contributed by atoms with Crippen LogP contribution in [0.15, 0.2) is 106 Å². The third kappa shape index (κ3) is 4.35. The molecule has 0 radical (unpaired) electrons. The molecule has 0 aliphatic rings. The molecule has 0 aromatic heterocycles. The zero-order valence-electron chi connectivity index (χ0n) is 12.5. The summed E-state index contributed by atoms with van der Waals surface area (Å²) in [5.74, 6) is 0.526. The molecule has 0 saturated heterocycles. The van der Waals surface area contributed by atoms with Crippen molar-refractivity contribution in [3.05, 3.63) is 96.6 Å². The molecule has 0 bridgehead atoms. The Labute approximate surface area is 135 Å². The smallest absolute Gasteiger partial charge is 0.201 e. The number of hydrogen-bond acceptors (Lipinski definition) is 3. The van der Waals surface area contributed by atoms with Gasteiger partial charge in [0.2, 0.25) is 5.84 Å². The molecule has 0 unspecified atom stereocenters. The van der Waals surface area contributed by atoms with Crippen LogP contribution in [0.1, 0.15) is 5.56 Å². The van der Waals surface area contributed by atoms with Gasteiger partial charge in [0.15, 0.2) is 0 Å². The molecule has 0 heterocycles. The molecular formula is C19H16N4. The number of hydrogen-bond donors (Lipinski definition) is 1. The van der Waals surface area contributed by atoms with Gasteiger partial charge in [-0.05, 0) is 24.3 Å². The molecule has 4 heteroatoms. The quantitative estimate of drug-likeness (QED) is 0.304. The molecule has 0 aliphatic carbocycles. The maximum Gasteiger partial charge on any atom is 0.201 e. The average molecular weight is 300 g/mol. The number of anilines is 1. The van der Waals surface area contributed by atoms with Crippen molar-refractivity contribution in [1.29, 1.82) is 0 Å². The molecule has 0 spiro atoms. The van der Waals surface area contributed by atoms with Crippen molar-refractivity contribution < 1.29 is 0 Å². The van der Waals surface area contributed by atoms with Crippen molar-refractivity contribution in [1.82, 2.24) is 0 Å². The summed E-state index contributed by atoms with van der Waals surface area (Å²) in [6, 6.07) is 29.1. The molecule has 3 aromatic carbocycles. The van der Waals surface area contributed by atoms with Crippen LogP contribution in [-0.4, -0.2) is 5.84 Å². The first-order valence-corrected chi connectivity index (χ1v) is 7.33. The Morgan fingerprint density at radius 2 is 1.22 bits per heavy atom. The Morgan fingerprint density at radius 1 is 0.652 bits per heavy atom. The monoisotopic (exact) mass is 300 g/mol. The minimum atomic E-state index is 0.526. The van der Waals surface area contributed by atoms with Crippen molar-refractivity contribution in [3.8, 4) is 0 Å². The summed E-state index contributed by atoms with van der Waals surface area (Å²) in [7, 11) is 0. The van der Waals surface area contributed by atoms with Gasteiger partial charge >= 0.3 is 0 Å². The van der Waals surface area contributed by atoms with Crippen LogP contribution < -0.4 is 5.43 Å². The summed E-state index contributed by atoms with van der Waals surface area (Å²) in [5, 5.41) is 12.9. The van der Waals surface area contributed by atoms with Gasteiger partial charge < -0.3 is 0 Å². The maximum atomic E-state index is 4.39. The summed E-state index contributed by atoms with van der Waals surface area (Å²) in [5.41, 5.74) is 5.60. The topological polar surface area (TPSA) is 49.1 Å². The van der Waals surface area contributed by atoms with E-state index in [0.717, 1.165) is 16.9 Å². The van der Waals surface area contributed by atoms with Gasteiger partial charge in [-0.15, -0.1) is 10.2 Å². The Bertz CT molecular complexity index is 781. The van der Waals surface area contributed by atoms with E-state index in [4.69, 9.17) is 0 Å². The molecular weight excluding hydrogens is 284 g/mol. The summed E-state index contributed by atoms with van der Waals surface area (Å²) in [6.45, 7) is 0. The van der Waals surface area contributed by atoms with E-state index in [0.29, 0.717) is 5.84 Å². The predicted molar refractivity (Wildman–Crippen MR) is 94.0 cm³/mol. The van der Waals surface area contributed by atoms with Gasteiger partial charge in [0.25, 0.3) is 0 Å². The van der Waals surface area contributed by atoms with Gasteiger partial charge in [-0.3, -0.25) is 5.43 Å². The van der Waals surface area contributed by atoms with Crippen LogP contribution in [0.25, 0.3) is 0 Å². The zero-order valence-corrected chi connectivity index (χ0v) is 12.5. The average Bonchev–Trinajstić information content (AvgIpc) is 2.64. The van der Waals surface area contributed by atoms with E-state index in [1.54, 1.807) is 0 Å². The summed E-state index contributed by atoms with van der Waals surface area (Å²) in [4.78, 5) is 0. The van der Waals surface area contributed by atoms with Crippen LogP contribution in [-0.2, 0) is 0 Å². The highest BCUT2D eigenvalue weighted by Crippen LogP contribution is 2.13. The molecule has 112 valence electrons. The Kier molecular flexibility index (Phi) is 4.88. The van der Waals surface area contributed by atoms with E-state index >= 15 is 0 Å². The van der Waals surface area contributed by atoms with Gasteiger partial charge in [-0.2, -0.15) is 5.10 Å². The lowest BCUT2D eigenvalue weighted by atomic mass is 10.2. The highest BCUT2D eigenvalue weighted by Gasteiger charge is 2.02. The second-order valence-electron chi connectivity index (χ2n) is 4.81. The third-order valence-electron chi connectivity index (χ3n) is 3.11. The zero-order chi connectivity index (χ0) is 15.7.